The smallest absolute Gasteiger partial charge is 0.0920 e. The number of aliphatic hydroxyl groups is 1. The second-order valence-corrected chi connectivity index (χ2v) is 9.82. The fourth-order valence-corrected chi connectivity index (χ4v) is 5.55. The highest BCUT2D eigenvalue weighted by Crippen LogP contribution is 2.36. The van der Waals surface area contributed by atoms with Crippen molar-refractivity contribution < 1.29 is 5.11 Å². The van der Waals surface area contributed by atoms with Gasteiger partial charge in [-0.05, 0) is 55.1 Å². The van der Waals surface area contributed by atoms with Gasteiger partial charge in [-0.25, -0.2) is 0 Å². The number of hydrogen-bond donors (Lipinski definition) is 2. The molecule has 0 saturated carbocycles. The maximum absolute atomic E-state index is 12.5. The average Bonchev–Trinajstić information content (AvgIpc) is 2.93. The first-order valence-corrected chi connectivity index (χ1v) is 12.5. The monoisotopic (exact) mass is 467 g/mol. The van der Waals surface area contributed by atoms with Gasteiger partial charge in [-0.2, -0.15) is 0 Å². The van der Waals surface area contributed by atoms with Gasteiger partial charge < -0.3 is 10.8 Å². The lowest BCUT2D eigenvalue weighted by Gasteiger charge is -2.35. The zero-order chi connectivity index (χ0) is 24.5. The number of fused-ring (bicyclic) bond motifs is 3. The lowest BCUT2D eigenvalue weighted by atomic mass is 9.77. The predicted octanol–water partition coefficient (Wildman–Crippen LogP) is 7.36. The lowest BCUT2D eigenvalue weighted by Crippen LogP contribution is -2.45. The van der Waals surface area contributed by atoms with E-state index in [9.17, 15) is 5.11 Å². The predicted molar refractivity (Wildman–Crippen MR) is 151 cm³/mol. The SMILES string of the molecule is NC(c1ccc2ccccc2c1)C(O)(Cc1cccc2ccccc12)Cc1cccc2ccccc12. The first-order chi connectivity index (χ1) is 17.6. The molecule has 0 radical (unpaired) electrons. The van der Waals surface area contributed by atoms with Crippen LogP contribution in [0.5, 0.6) is 0 Å². The summed E-state index contributed by atoms with van der Waals surface area (Å²) < 4.78 is 0. The van der Waals surface area contributed by atoms with Crippen LogP contribution in [0.3, 0.4) is 0 Å². The summed E-state index contributed by atoms with van der Waals surface area (Å²) in [6, 6.07) is 43.3. The summed E-state index contributed by atoms with van der Waals surface area (Å²) >= 11 is 0. The van der Waals surface area contributed by atoms with E-state index in [4.69, 9.17) is 5.73 Å². The Hall–Kier alpha value is -3.98. The fourth-order valence-electron chi connectivity index (χ4n) is 5.55. The molecular weight excluding hydrogens is 438 g/mol. The van der Waals surface area contributed by atoms with Gasteiger partial charge in [0.15, 0.2) is 0 Å². The molecule has 0 aliphatic heterocycles. The van der Waals surface area contributed by atoms with Crippen molar-refractivity contribution in [3.63, 3.8) is 0 Å². The lowest BCUT2D eigenvalue weighted by molar-refractivity contribution is 0.0143. The molecule has 6 aromatic carbocycles. The van der Waals surface area contributed by atoms with E-state index in [-0.39, 0.29) is 0 Å². The quantitative estimate of drug-likeness (QED) is 0.269. The van der Waals surface area contributed by atoms with Gasteiger partial charge in [-0.1, -0.05) is 121 Å². The standard InChI is InChI=1S/C34H29NO/c35-33(28-20-19-24-9-1-2-12-27(24)21-28)34(36,22-29-15-7-13-25-10-3-5-17-31(25)29)23-30-16-8-14-26-11-4-6-18-32(26)30/h1-21,33,36H,22-23,35H2. The average molecular weight is 468 g/mol. The molecule has 36 heavy (non-hydrogen) atoms. The molecule has 0 spiro atoms. The van der Waals surface area contributed by atoms with E-state index in [0.29, 0.717) is 12.8 Å². The molecular formula is C34H29NO. The third kappa shape index (κ3) is 4.15. The van der Waals surface area contributed by atoms with E-state index in [1.807, 2.05) is 12.1 Å². The van der Waals surface area contributed by atoms with Gasteiger partial charge in [-0.3, -0.25) is 0 Å². The highest BCUT2D eigenvalue weighted by Gasteiger charge is 2.37. The molecule has 0 heterocycles. The van der Waals surface area contributed by atoms with Gasteiger partial charge in [0.05, 0.1) is 11.6 Å². The molecule has 1 unspecified atom stereocenters. The molecule has 0 aromatic heterocycles. The van der Waals surface area contributed by atoms with Gasteiger partial charge in [0.1, 0.15) is 0 Å². The Morgan fingerprint density at radius 3 is 1.58 bits per heavy atom. The van der Waals surface area contributed by atoms with Gasteiger partial charge in [0.25, 0.3) is 0 Å². The summed E-state index contributed by atoms with van der Waals surface area (Å²) in [5.41, 5.74) is 8.95. The van der Waals surface area contributed by atoms with E-state index in [2.05, 4.69) is 115 Å². The van der Waals surface area contributed by atoms with Crippen molar-refractivity contribution in [2.45, 2.75) is 24.5 Å². The molecule has 0 fully saturated rings. The van der Waals surface area contributed by atoms with Crippen molar-refractivity contribution in [1.82, 2.24) is 0 Å². The number of benzene rings is 6. The maximum atomic E-state index is 12.5. The van der Waals surface area contributed by atoms with Crippen LogP contribution in [0.1, 0.15) is 22.7 Å². The van der Waals surface area contributed by atoms with Crippen molar-refractivity contribution in [3.8, 4) is 0 Å². The van der Waals surface area contributed by atoms with Crippen LogP contribution in [0.15, 0.2) is 127 Å². The van der Waals surface area contributed by atoms with E-state index in [1.54, 1.807) is 0 Å². The van der Waals surface area contributed by atoms with Crippen molar-refractivity contribution in [2.75, 3.05) is 0 Å². The molecule has 0 bridgehead atoms. The van der Waals surface area contributed by atoms with Gasteiger partial charge in [0, 0.05) is 12.8 Å². The van der Waals surface area contributed by atoms with Crippen LogP contribution < -0.4 is 5.73 Å². The molecule has 0 saturated heterocycles. The molecule has 3 N–H and O–H groups in total. The Kier molecular flexibility index (Phi) is 5.77. The van der Waals surface area contributed by atoms with Crippen molar-refractivity contribution in [3.05, 3.63) is 144 Å². The molecule has 2 heteroatoms. The third-order valence-corrected chi connectivity index (χ3v) is 7.46. The molecule has 0 amide bonds. The molecule has 0 aliphatic rings. The first-order valence-electron chi connectivity index (χ1n) is 12.5. The van der Waals surface area contributed by atoms with Crippen molar-refractivity contribution in [1.29, 1.82) is 0 Å². The summed E-state index contributed by atoms with van der Waals surface area (Å²) in [7, 11) is 0. The maximum Gasteiger partial charge on any atom is 0.0920 e. The van der Waals surface area contributed by atoms with Crippen LogP contribution in [0.2, 0.25) is 0 Å². The zero-order valence-corrected chi connectivity index (χ0v) is 20.1. The Morgan fingerprint density at radius 1 is 0.528 bits per heavy atom. The van der Waals surface area contributed by atoms with E-state index >= 15 is 0 Å². The molecule has 176 valence electrons. The summed E-state index contributed by atoms with van der Waals surface area (Å²) in [5, 5.41) is 19.4. The van der Waals surface area contributed by atoms with E-state index in [0.717, 1.165) is 32.8 Å². The molecule has 1 atom stereocenters. The van der Waals surface area contributed by atoms with Gasteiger partial charge in [0.2, 0.25) is 0 Å². The van der Waals surface area contributed by atoms with E-state index in [1.165, 1.54) is 16.2 Å². The fraction of sp³-hybridized carbons (Fsp3) is 0.118. The largest absolute Gasteiger partial charge is 0.387 e. The zero-order valence-electron chi connectivity index (χ0n) is 20.1. The summed E-state index contributed by atoms with van der Waals surface area (Å²) in [6.45, 7) is 0. The van der Waals surface area contributed by atoms with Gasteiger partial charge in [-0.15, -0.1) is 0 Å². The topological polar surface area (TPSA) is 46.2 Å². The molecule has 2 nitrogen and oxygen atoms in total. The van der Waals surface area contributed by atoms with Crippen molar-refractivity contribution in [2.24, 2.45) is 5.73 Å². The molecule has 6 rings (SSSR count). The van der Waals surface area contributed by atoms with Crippen LogP contribution in [-0.4, -0.2) is 10.7 Å². The van der Waals surface area contributed by atoms with Crippen molar-refractivity contribution >= 4 is 32.3 Å². The number of hydrogen-bond acceptors (Lipinski definition) is 2. The van der Waals surface area contributed by atoms with Crippen LogP contribution in [0.4, 0.5) is 0 Å². The van der Waals surface area contributed by atoms with Crippen LogP contribution in [0.25, 0.3) is 32.3 Å². The normalized spacial score (nSPS) is 12.8. The Balaban J connectivity index is 1.48. The minimum Gasteiger partial charge on any atom is -0.387 e. The Bertz CT molecular complexity index is 1590. The van der Waals surface area contributed by atoms with Crippen LogP contribution in [0, 0.1) is 0 Å². The Labute approximate surface area is 211 Å². The number of nitrogens with two attached hydrogens (primary N) is 1. The first kappa shape index (κ1) is 22.5. The summed E-state index contributed by atoms with van der Waals surface area (Å²) in [4.78, 5) is 0. The summed E-state index contributed by atoms with van der Waals surface area (Å²) in [6.07, 6.45) is 0.900. The minimum atomic E-state index is -1.20. The van der Waals surface area contributed by atoms with E-state index < -0.39 is 11.6 Å². The second-order valence-electron chi connectivity index (χ2n) is 9.82. The van der Waals surface area contributed by atoms with Crippen LogP contribution >= 0.6 is 0 Å². The number of rotatable bonds is 6. The summed E-state index contributed by atoms with van der Waals surface area (Å²) in [5.74, 6) is 0. The molecule has 0 aliphatic carbocycles. The van der Waals surface area contributed by atoms with Gasteiger partial charge >= 0.3 is 0 Å². The Morgan fingerprint density at radius 2 is 1.00 bits per heavy atom. The minimum absolute atomic E-state index is 0.450. The third-order valence-electron chi connectivity index (χ3n) is 7.46. The van der Waals surface area contributed by atoms with Crippen LogP contribution in [-0.2, 0) is 12.8 Å². The molecule has 6 aromatic rings. The second kappa shape index (κ2) is 9.23. The highest BCUT2D eigenvalue weighted by molar-refractivity contribution is 5.87. The highest BCUT2D eigenvalue weighted by atomic mass is 16.3.